The summed E-state index contributed by atoms with van der Waals surface area (Å²) in [5, 5.41) is 14.5. The molecule has 0 saturated carbocycles. The van der Waals surface area contributed by atoms with Crippen molar-refractivity contribution in [2.75, 3.05) is 6.54 Å². The number of hydrogen-bond donors (Lipinski definition) is 2. The second-order valence-electron chi connectivity index (χ2n) is 9.95. The average Bonchev–Trinajstić information content (AvgIpc) is 2.84. The maximum absolute atomic E-state index is 12.2. The molecule has 0 atom stereocenters. The summed E-state index contributed by atoms with van der Waals surface area (Å²) in [6.07, 6.45) is 1.47. The van der Waals surface area contributed by atoms with Gasteiger partial charge in [0.25, 0.3) is 0 Å². The third kappa shape index (κ3) is 5.60. The molecular formula is C24H32BNO5. The lowest BCUT2D eigenvalue weighted by Gasteiger charge is -2.32. The second-order valence-corrected chi connectivity index (χ2v) is 9.95. The van der Waals surface area contributed by atoms with Crippen molar-refractivity contribution in [3.63, 3.8) is 0 Å². The van der Waals surface area contributed by atoms with Crippen molar-refractivity contribution >= 4 is 30.1 Å². The van der Waals surface area contributed by atoms with Crippen LogP contribution in [-0.2, 0) is 14.0 Å². The van der Waals surface area contributed by atoms with Crippen LogP contribution in [0, 0.1) is 0 Å². The van der Waals surface area contributed by atoms with Crippen LogP contribution in [0.4, 0.5) is 4.79 Å². The van der Waals surface area contributed by atoms with E-state index < -0.39 is 30.0 Å². The van der Waals surface area contributed by atoms with Gasteiger partial charge in [-0.25, -0.2) is 4.79 Å². The van der Waals surface area contributed by atoms with Crippen molar-refractivity contribution in [3.8, 4) is 5.75 Å². The standard InChI is InChI=1S/C24H32BNO5/c1-22(2,3)29-21(28)26-15-19(25-30-23(4,5)24(6,7)31-25)13-16-8-9-18-14-20(27)11-10-17(18)12-16/h8-14,27H,15H2,1-7H3,(H,26,28). The number of amides is 1. The molecule has 0 radical (unpaired) electrons. The molecule has 0 aromatic heterocycles. The van der Waals surface area contributed by atoms with E-state index in [1.54, 1.807) is 12.1 Å². The summed E-state index contributed by atoms with van der Waals surface area (Å²) in [6.45, 7) is 13.7. The lowest BCUT2D eigenvalue weighted by Crippen LogP contribution is -2.41. The quantitative estimate of drug-likeness (QED) is 0.668. The molecule has 31 heavy (non-hydrogen) atoms. The monoisotopic (exact) mass is 425 g/mol. The van der Waals surface area contributed by atoms with Crippen LogP contribution >= 0.6 is 0 Å². The Morgan fingerprint density at radius 3 is 2.26 bits per heavy atom. The Morgan fingerprint density at radius 2 is 1.65 bits per heavy atom. The number of rotatable bonds is 4. The Balaban J connectivity index is 1.90. The zero-order valence-corrected chi connectivity index (χ0v) is 19.4. The van der Waals surface area contributed by atoms with Gasteiger partial charge in [0.1, 0.15) is 11.4 Å². The third-order valence-electron chi connectivity index (χ3n) is 5.59. The number of fused-ring (bicyclic) bond motifs is 1. The number of ether oxygens (including phenoxy) is 1. The van der Waals surface area contributed by atoms with Gasteiger partial charge < -0.3 is 24.5 Å². The van der Waals surface area contributed by atoms with Crippen molar-refractivity contribution in [1.82, 2.24) is 5.32 Å². The molecule has 166 valence electrons. The fraction of sp³-hybridized carbons (Fsp3) is 0.458. The summed E-state index contributed by atoms with van der Waals surface area (Å²) < 4.78 is 17.8. The predicted octanol–water partition coefficient (Wildman–Crippen LogP) is 5.08. The van der Waals surface area contributed by atoms with Gasteiger partial charge in [-0.1, -0.05) is 24.3 Å². The molecule has 1 saturated heterocycles. The largest absolute Gasteiger partial charge is 0.508 e. The van der Waals surface area contributed by atoms with Gasteiger partial charge in [0.2, 0.25) is 0 Å². The first-order valence-electron chi connectivity index (χ1n) is 10.5. The number of alkyl carbamates (subject to hydrolysis) is 1. The molecule has 1 aliphatic rings. The van der Waals surface area contributed by atoms with Crippen molar-refractivity contribution < 1.29 is 23.9 Å². The molecule has 0 aliphatic carbocycles. The Bertz CT molecular complexity index is 991. The van der Waals surface area contributed by atoms with Crippen LogP contribution < -0.4 is 5.32 Å². The maximum Gasteiger partial charge on any atom is 0.492 e. The first kappa shape index (κ1) is 23.2. The third-order valence-corrected chi connectivity index (χ3v) is 5.59. The Kier molecular flexibility index (Phi) is 6.13. The van der Waals surface area contributed by atoms with Crippen LogP contribution in [0.5, 0.6) is 5.75 Å². The number of phenolic OH excluding ortho intramolecular Hbond substituents is 1. The fourth-order valence-corrected chi connectivity index (χ4v) is 3.24. The van der Waals surface area contributed by atoms with E-state index in [0.29, 0.717) is 0 Å². The highest BCUT2D eigenvalue weighted by atomic mass is 16.7. The molecular weight excluding hydrogens is 393 g/mol. The zero-order valence-electron chi connectivity index (χ0n) is 19.4. The molecule has 3 rings (SSSR count). The zero-order chi connectivity index (χ0) is 23.0. The Morgan fingerprint density at radius 1 is 1.06 bits per heavy atom. The number of hydrogen-bond acceptors (Lipinski definition) is 5. The number of carbonyl (C=O) groups excluding carboxylic acids is 1. The molecule has 1 amide bonds. The molecule has 2 aromatic carbocycles. The topological polar surface area (TPSA) is 77.0 Å². The molecule has 7 heteroatoms. The van der Waals surface area contributed by atoms with Gasteiger partial charge in [0.05, 0.1) is 11.2 Å². The highest BCUT2D eigenvalue weighted by Crippen LogP contribution is 2.39. The van der Waals surface area contributed by atoms with Crippen molar-refractivity contribution in [1.29, 1.82) is 0 Å². The minimum absolute atomic E-state index is 0.222. The second kappa shape index (κ2) is 8.21. The number of carbonyl (C=O) groups is 1. The van der Waals surface area contributed by atoms with Gasteiger partial charge in [-0.05, 0) is 88.5 Å². The minimum atomic E-state index is -0.601. The van der Waals surface area contributed by atoms with Crippen molar-refractivity contribution in [2.24, 2.45) is 0 Å². The molecule has 1 aliphatic heterocycles. The van der Waals surface area contributed by atoms with E-state index in [4.69, 9.17) is 14.0 Å². The highest BCUT2D eigenvalue weighted by molar-refractivity contribution is 6.56. The fourth-order valence-electron chi connectivity index (χ4n) is 3.24. The van der Waals surface area contributed by atoms with E-state index in [1.165, 1.54) is 0 Å². The summed E-state index contributed by atoms with van der Waals surface area (Å²) in [4.78, 5) is 12.2. The first-order valence-corrected chi connectivity index (χ1v) is 10.5. The summed E-state index contributed by atoms with van der Waals surface area (Å²) >= 11 is 0. The molecule has 0 bridgehead atoms. The Labute approximate surface area is 184 Å². The van der Waals surface area contributed by atoms with Crippen LogP contribution in [0.2, 0.25) is 0 Å². The number of benzene rings is 2. The van der Waals surface area contributed by atoms with E-state index in [9.17, 15) is 9.90 Å². The summed E-state index contributed by atoms with van der Waals surface area (Å²) in [5.41, 5.74) is 0.145. The number of nitrogens with one attached hydrogen (secondary N) is 1. The normalized spacial score (nSPS) is 18.3. The molecule has 0 spiro atoms. The van der Waals surface area contributed by atoms with Gasteiger partial charge >= 0.3 is 13.2 Å². The predicted molar refractivity (Wildman–Crippen MR) is 124 cm³/mol. The molecule has 1 heterocycles. The molecule has 0 unspecified atom stereocenters. The van der Waals surface area contributed by atoms with Gasteiger partial charge in [-0.2, -0.15) is 0 Å². The van der Waals surface area contributed by atoms with Crippen LogP contribution in [0.3, 0.4) is 0 Å². The van der Waals surface area contributed by atoms with Crippen LogP contribution in [0.25, 0.3) is 16.8 Å². The van der Waals surface area contributed by atoms with E-state index >= 15 is 0 Å². The van der Waals surface area contributed by atoms with Crippen LogP contribution in [0.1, 0.15) is 54.0 Å². The van der Waals surface area contributed by atoms with E-state index in [-0.39, 0.29) is 12.3 Å². The lowest BCUT2D eigenvalue weighted by molar-refractivity contribution is 0.00578. The van der Waals surface area contributed by atoms with Crippen molar-refractivity contribution in [3.05, 3.63) is 47.4 Å². The number of aromatic hydroxyl groups is 1. The molecule has 2 N–H and O–H groups in total. The van der Waals surface area contributed by atoms with Crippen LogP contribution in [-0.4, -0.2) is 41.7 Å². The highest BCUT2D eigenvalue weighted by Gasteiger charge is 2.52. The minimum Gasteiger partial charge on any atom is -0.508 e. The number of phenols is 1. The van der Waals surface area contributed by atoms with E-state index in [0.717, 1.165) is 21.8 Å². The molecule has 2 aromatic rings. The average molecular weight is 425 g/mol. The first-order chi connectivity index (χ1) is 14.3. The summed E-state index contributed by atoms with van der Waals surface area (Å²) in [6, 6.07) is 11.2. The van der Waals surface area contributed by atoms with E-state index in [2.05, 4.69) is 5.32 Å². The maximum atomic E-state index is 12.2. The van der Waals surface area contributed by atoms with Gasteiger partial charge in [-0.3, -0.25) is 0 Å². The molecule has 6 nitrogen and oxygen atoms in total. The van der Waals surface area contributed by atoms with Gasteiger partial charge in [-0.15, -0.1) is 0 Å². The summed E-state index contributed by atoms with van der Waals surface area (Å²) in [7, 11) is -0.601. The lowest BCUT2D eigenvalue weighted by atomic mass is 9.77. The van der Waals surface area contributed by atoms with Gasteiger partial charge in [0, 0.05) is 6.54 Å². The summed E-state index contributed by atoms with van der Waals surface area (Å²) in [5.74, 6) is 0.232. The van der Waals surface area contributed by atoms with Crippen molar-refractivity contribution in [2.45, 2.75) is 65.3 Å². The smallest absolute Gasteiger partial charge is 0.492 e. The van der Waals surface area contributed by atoms with Crippen LogP contribution in [0.15, 0.2) is 41.9 Å². The van der Waals surface area contributed by atoms with Gasteiger partial charge in [0.15, 0.2) is 0 Å². The SMILES string of the molecule is CC(C)(C)OC(=O)NCC(=Cc1ccc2cc(O)ccc2c1)B1OC(C)(C)C(C)(C)O1. The van der Waals surface area contributed by atoms with E-state index in [1.807, 2.05) is 78.8 Å². The molecule has 1 fully saturated rings. The Hall–Kier alpha value is -2.51.